The molecule has 14 heteroatoms. The molecule has 0 spiro atoms. The lowest BCUT2D eigenvalue weighted by Crippen LogP contribution is -2.37. The molecule has 0 saturated carbocycles. The molecule has 0 saturated heterocycles. The van der Waals surface area contributed by atoms with E-state index in [-0.39, 0.29) is 22.2 Å². The van der Waals surface area contributed by atoms with E-state index in [2.05, 4.69) is 15.0 Å². The average Bonchev–Trinajstić information content (AvgIpc) is 3.42. The number of sulfonamides is 1. The number of anilines is 1. The zero-order chi connectivity index (χ0) is 24.5. The molecule has 0 aliphatic carbocycles. The van der Waals surface area contributed by atoms with Crippen LogP contribution in [0, 0.1) is 0 Å². The van der Waals surface area contributed by atoms with Gasteiger partial charge in [-0.1, -0.05) is 11.2 Å². The predicted molar refractivity (Wildman–Crippen MR) is 135 cm³/mol. The Morgan fingerprint density at radius 2 is 1.79 bits per heavy atom. The van der Waals surface area contributed by atoms with Gasteiger partial charge in [0.2, 0.25) is 0 Å². The first-order chi connectivity index (χ1) is 16.1. The topological polar surface area (TPSA) is 118 Å². The molecule has 0 amide bonds. The lowest BCUT2D eigenvalue weighted by molar-refractivity contribution is 0.322. The summed E-state index contributed by atoms with van der Waals surface area (Å²) in [6.07, 6.45) is 3.54. The van der Waals surface area contributed by atoms with E-state index in [1.165, 1.54) is 26.4 Å². The van der Waals surface area contributed by atoms with Gasteiger partial charge >= 0.3 is 0 Å². The first kappa shape index (κ1) is 23.6. The molecule has 34 heavy (non-hydrogen) atoms. The Hall–Kier alpha value is -3.54. The van der Waals surface area contributed by atoms with Crippen LogP contribution in [0.1, 0.15) is 5.56 Å². The van der Waals surface area contributed by atoms with Gasteiger partial charge in [0, 0.05) is 17.7 Å². The molecule has 2 heterocycles. The Labute approximate surface area is 199 Å². The molecule has 0 atom stereocenters. The van der Waals surface area contributed by atoms with E-state index in [0.29, 0.717) is 23.3 Å². The first-order valence-electron chi connectivity index (χ1n) is 10.4. The quantitative estimate of drug-likeness (QED) is 0.327. The maximum atomic E-state index is 13.4. The summed E-state index contributed by atoms with van der Waals surface area (Å²) in [6, 6.07) is 10.1. The van der Waals surface area contributed by atoms with Crippen LogP contribution in [0.3, 0.4) is 0 Å². The summed E-state index contributed by atoms with van der Waals surface area (Å²) < 4.78 is 53.2. The third kappa shape index (κ3) is 4.86. The Morgan fingerprint density at radius 1 is 1.09 bits per heavy atom. The van der Waals surface area contributed by atoms with Crippen LogP contribution in [0.5, 0.6) is 17.2 Å². The minimum Gasteiger partial charge on any atom is -0.513 e. The number of hydrogen-bond acceptors (Lipinski definition) is 8. The Kier molecular flexibility index (Phi) is 6.26. The van der Waals surface area contributed by atoms with E-state index in [4.69, 9.17) is 18.7 Å². The maximum Gasteiger partial charge on any atom is 0.270 e. The second-order valence-corrected chi connectivity index (χ2v) is 10.1. The standard InChI is InChI=1S/C20H23B3N4O6S/c1-30-13-5-3-6-14(31-2)18(13)34(28,29)26-19-17-15(32-20(21,22)23)9-12(10-16(17)33-25-19)11-27-8-4-7-24-27/h3-10H,11,21-23H2,1-2H3,(H,25,26). The van der Waals surface area contributed by atoms with Crippen molar-refractivity contribution in [2.24, 2.45) is 0 Å². The smallest absolute Gasteiger partial charge is 0.270 e. The maximum absolute atomic E-state index is 13.4. The third-order valence-electron chi connectivity index (χ3n) is 4.80. The summed E-state index contributed by atoms with van der Waals surface area (Å²) in [7, 11) is 4.30. The number of nitrogens with zero attached hydrogens (tertiary/aromatic N) is 3. The molecular formula is C20H23B3N4O6S. The highest BCUT2D eigenvalue weighted by Crippen LogP contribution is 2.38. The van der Waals surface area contributed by atoms with Gasteiger partial charge in [0.05, 0.1) is 20.8 Å². The van der Waals surface area contributed by atoms with Crippen molar-refractivity contribution in [3.8, 4) is 17.2 Å². The Balaban J connectivity index is 1.81. The molecular weight excluding hydrogens is 457 g/mol. The molecule has 174 valence electrons. The monoisotopic (exact) mass is 480 g/mol. The number of rotatable bonds is 9. The van der Waals surface area contributed by atoms with E-state index in [1.807, 2.05) is 41.9 Å². The van der Waals surface area contributed by atoms with Gasteiger partial charge in [0.15, 0.2) is 16.3 Å². The lowest BCUT2D eigenvalue weighted by atomic mass is 9.52. The van der Waals surface area contributed by atoms with Crippen molar-refractivity contribution in [2.45, 2.75) is 16.7 Å². The van der Waals surface area contributed by atoms with Gasteiger partial charge in [-0.05, 0) is 35.9 Å². The molecule has 2 aromatic heterocycles. The van der Waals surface area contributed by atoms with Crippen molar-refractivity contribution in [1.29, 1.82) is 0 Å². The van der Waals surface area contributed by atoms with Gasteiger partial charge in [-0.15, -0.1) is 0 Å². The summed E-state index contributed by atoms with van der Waals surface area (Å²) in [5, 5.41) is 8.07. The summed E-state index contributed by atoms with van der Waals surface area (Å²) in [5.74, 6) is 0.686. The van der Waals surface area contributed by atoms with Gasteiger partial charge in [0.1, 0.15) is 46.2 Å². The zero-order valence-corrected chi connectivity index (χ0v) is 20.3. The highest BCUT2D eigenvalue weighted by molar-refractivity contribution is 7.93. The van der Waals surface area contributed by atoms with Crippen LogP contribution in [0.15, 0.2) is 58.2 Å². The Bertz CT molecular complexity index is 1400. The summed E-state index contributed by atoms with van der Waals surface area (Å²) >= 11 is 0. The lowest BCUT2D eigenvalue weighted by Gasteiger charge is -2.23. The van der Waals surface area contributed by atoms with Crippen molar-refractivity contribution >= 4 is 50.3 Å². The normalized spacial score (nSPS) is 11.9. The second-order valence-electron chi connectivity index (χ2n) is 8.51. The summed E-state index contributed by atoms with van der Waals surface area (Å²) in [5.41, 5.74) is 1.22. The fourth-order valence-electron chi connectivity index (χ4n) is 3.50. The van der Waals surface area contributed by atoms with Gasteiger partial charge in [-0.3, -0.25) is 9.40 Å². The molecule has 0 bridgehead atoms. The molecule has 0 fully saturated rings. The minimum absolute atomic E-state index is 0.00662. The number of methoxy groups -OCH3 is 2. The van der Waals surface area contributed by atoms with Gasteiger partial charge < -0.3 is 18.7 Å². The first-order valence-corrected chi connectivity index (χ1v) is 11.9. The minimum atomic E-state index is -4.16. The van der Waals surface area contributed by atoms with Crippen molar-refractivity contribution in [1.82, 2.24) is 14.9 Å². The highest BCUT2D eigenvalue weighted by atomic mass is 32.2. The molecule has 1 N–H and O–H groups in total. The van der Waals surface area contributed by atoms with Crippen molar-refractivity contribution in [3.63, 3.8) is 0 Å². The van der Waals surface area contributed by atoms with Crippen LogP contribution in [0.4, 0.5) is 5.82 Å². The van der Waals surface area contributed by atoms with Crippen LogP contribution in [-0.2, 0) is 16.6 Å². The van der Waals surface area contributed by atoms with Gasteiger partial charge in [-0.2, -0.15) is 5.10 Å². The molecule has 0 unspecified atom stereocenters. The van der Waals surface area contributed by atoms with Crippen LogP contribution in [0.2, 0.25) is 0 Å². The third-order valence-corrected chi connectivity index (χ3v) is 6.20. The van der Waals surface area contributed by atoms with E-state index in [1.54, 1.807) is 23.0 Å². The average molecular weight is 480 g/mol. The van der Waals surface area contributed by atoms with Crippen LogP contribution < -0.4 is 18.9 Å². The van der Waals surface area contributed by atoms with Crippen molar-refractivity contribution in [3.05, 3.63) is 54.4 Å². The SMILES string of the molecule is BC(B)(B)Oc1cc(Cn2cccn2)cc2onc(NS(=O)(=O)c3c(OC)cccc3OC)c12. The van der Waals surface area contributed by atoms with E-state index in [0.717, 1.165) is 5.56 Å². The Morgan fingerprint density at radius 3 is 2.38 bits per heavy atom. The fourth-order valence-corrected chi connectivity index (χ4v) is 4.83. The van der Waals surface area contributed by atoms with E-state index < -0.39 is 15.3 Å². The molecule has 0 aliphatic rings. The number of fused-ring (bicyclic) bond motifs is 1. The number of benzene rings is 2. The number of hydrogen-bond donors (Lipinski definition) is 1. The van der Waals surface area contributed by atoms with Crippen LogP contribution in [-0.4, -0.2) is 66.4 Å². The van der Waals surface area contributed by atoms with Gasteiger partial charge in [-0.25, -0.2) is 8.42 Å². The largest absolute Gasteiger partial charge is 0.513 e. The van der Waals surface area contributed by atoms with E-state index in [9.17, 15) is 8.42 Å². The number of nitrogens with one attached hydrogen (secondary N) is 1. The summed E-state index contributed by atoms with van der Waals surface area (Å²) in [6.45, 7) is 0.476. The van der Waals surface area contributed by atoms with E-state index >= 15 is 0 Å². The fraction of sp³-hybridized carbons (Fsp3) is 0.200. The number of aromatic nitrogens is 3. The molecule has 10 nitrogen and oxygen atoms in total. The predicted octanol–water partition coefficient (Wildman–Crippen LogP) is -0.220. The summed E-state index contributed by atoms with van der Waals surface area (Å²) in [4.78, 5) is -0.148. The molecule has 2 aromatic carbocycles. The van der Waals surface area contributed by atoms with Crippen LogP contribution >= 0.6 is 0 Å². The highest BCUT2D eigenvalue weighted by Gasteiger charge is 2.28. The van der Waals surface area contributed by atoms with Gasteiger partial charge in [0.25, 0.3) is 10.0 Å². The van der Waals surface area contributed by atoms with Crippen molar-refractivity contribution < 1.29 is 27.2 Å². The molecule has 0 aliphatic heterocycles. The molecule has 0 radical (unpaired) electrons. The molecule has 4 aromatic rings. The second kappa shape index (κ2) is 9.01. The van der Waals surface area contributed by atoms with Crippen LogP contribution in [0.25, 0.3) is 11.0 Å². The zero-order valence-electron chi connectivity index (χ0n) is 19.5. The van der Waals surface area contributed by atoms with Crippen molar-refractivity contribution in [2.75, 3.05) is 18.9 Å². The number of ether oxygens (including phenoxy) is 3. The molecule has 4 rings (SSSR count).